The number of rotatable bonds is 4. The molecule has 2 rings (SSSR count). The Morgan fingerprint density at radius 3 is 2.74 bits per heavy atom. The lowest BCUT2D eigenvalue weighted by molar-refractivity contribution is -0.148. The summed E-state index contributed by atoms with van der Waals surface area (Å²) in [7, 11) is 0. The third-order valence-corrected chi connectivity index (χ3v) is 4.60. The second-order valence-electron chi connectivity index (χ2n) is 5.79. The summed E-state index contributed by atoms with van der Waals surface area (Å²) in [6.45, 7) is 2.86. The highest BCUT2D eigenvalue weighted by atomic mass is 16.4. The lowest BCUT2D eigenvalue weighted by Gasteiger charge is -2.23. The molecule has 106 valence electrons. The number of allylic oxidation sites excluding steroid dienone is 1. The monoisotopic (exact) mass is 265 g/mol. The van der Waals surface area contributed by atoms with Crippen molar-refractivity contribution in [3.8, 4) is 0 Å². The molecule has 1 unspecified atom stereocenters. The lowest BCUT2D eigenvalue weighted by Crippen LogP contribution is -2.36. The van der Waals surface area contributed by atoms with Crippen LogP contribution in [0.5, 0.6) is 0 Å². The summed E-state index contributed by atoms with van der Waals surface area (Å²) < 4.78 is 0. The first-order valence-corrected chi connectivity index (χ1v) is 7.26. The zero-order valence-corrected chi connectivity index (χ0v) is 11.7. The smallest absolute Gasteiger partial charge is 0.311 e. The van der Waals surface area contributed by atoms with Gasteiger partial charge in [-0.1, -0.05) is 18.6 Å². The van der Waals surface area contributed by atoms with Crippen LogP contribution in [0.3, 0.4) is 0 Å². The highest BCUT2D eigenvalue weighted by Gasteiger charge is 2.44. The fourth-order valence-electron chi connectivity index (χ4n) is 3.07. The molecule has 1 fully saturated rings. The quantitative estimate of drug-likeness (QED) is 0.795. The molecule has 1 saturated heterocycles. The van der Waals surface area contributed by atoms with E-state index in [0.29, 0.717) is 32.4 Å². The van der Waals surface area contributed by atoms with E-state index in [2.05, 4.69) is 6.08 Å². The first-order chi connectivity index (χ1) is 9.07. The van der Waals surface area contributed by atoms with E-state index >= 15 is 0 Å². The zero-order chi connectivity index (χ0) is 13.9. The third-order valence-electron chi connectivity index (χ3n) is 4.60. The van der Waals surface area contributed by atoms with Crippen LogP contribution in [-0.4, -0.2) is 35.0 Å². The number of aliphatic carboxylic acids is 1. The van der Waals surface area contributed by atoms with E-state index in [1.165, 1.54) is 18.4 Å². The first-order valence-electron chi connectivity index (χ1n) is 7.26. The summed E-state index contributed by atoms with van der Waals surface area (Å²) in [4.78, 5) is 25.3. The number of carbonyl (C=O) groups is 2. The average molecular weight is 265 g/mol. The number of carboxylic acid groups (broad SMARTS) is 1. The second-order valence-corrected chi connectivity index (χ2v) is 5.79. The number of carbonyl (C=O) groups excluding carboxylic acids is 1. The van der Waals surface area contributed by atoms with Gasteiger partial charge in [-0.15, -0.1) is 0 Å². The summed E-state index contributed by atoms with van der Waals surface area (Å²) >= 11 is 0. The largest absolute Gasteiger partial charge is 0.481 e. The van der Waals surface area contributed by atoms with Crippen molar-refractivity contribution < 1.29 is 14.7 Å². The summed E-state index contributed by atoms with van der Waals surface area (Å²) in [6.07, 6.45) is 8.35. The van der Waals surface area contributed by atoms with Crippen LogP contribution in [-0.2, 0) is 9.59 Å². The molecule has 2 aliphatic rings. The Balaban J connectivity index is 1.94. The molecule has 19 heavy (non-hydrogen) atoms. The Morgan fingerprint density at radius 2 is 2.21 bits per heavy atom. The van der Waals surface area contributed by atoms with Gasteiger partial charge in [0.2, 0.25) is 5.91 Å². The molecule has 0 aromatic heterocycles. The summed E-state index contributed by atoms with van der Waals surface area (Å²) in [5.74, 6) is -0.660. The number of hydrogen-bond donors (Lipinski definition) is 1. The van der Waals surface area contributed by atoms with E-state index in [0.717, 1.165) is 12.8 Å². The maximum atomic E-state index is 12.2. The summed E-state index contributed by atoms with van der Waals surface area (Å²) in [6, 6.07) is 0. The van der Waals surface area contributed by atoms with Gasteiger partial charge in [0, 0.05) is 19.5 Å². The molecule has 4 nitrogen and oxygen atoms in total. The lowest BCUT2D eigenvalue weighted by atomic mass is 9.84. The molecule has 0 aromatic carbocycles. The minimum Gasteiger partial charge on any atom is -0.481 e. The molecule has 4 heteroatoms. The molecule has 0 aromatic rings. The molecule has 0 radical (unpaired) electrons. The topological polar surface area (TPSA) is 57.6 Å². The zero-order valence-electron chi connectivity index (χ0n) is 11.7. The van der Waals surface area contributed by atoms with Gasteiger partial charge in [-0.3, -0.25) is 9.59 Å². The van der Waals surface area contributed by atoms with Crippen LogP contribution in [0.1, 0.15) is 51.9 Å². The van der Waals surface area contributed by atoms with Gasteiger partial charge in [0.1, 0.15) is 0 Å². The van der Waals surface area contributed by atoms with Gasteiger partial charge in [-0.2, -0.15) is 0 Å². The molecular formula is C15H23NO3. The van der Waals surface area contributed by atoms with Crippen LogP contribution < -0.4 is 0 Å². The molecular weight excluding hydrogens is 242 g/mol. The molecule has 1 aliphatic heterocycles. The second kappa shape index (κ2) is 5.76. The van der Waals surface area contributed by atoms with Crippen molar-refractivity contribution in [1.82, 2.24) is 4.90 Å². The summed E-state index contributed by atoms with van der Waals surface area (Å²) in [5.41, 5.74) is 0.525. The molecule has 0 spiro atoms. The van der Waals surface area contributed by atoms with Crippen molar-refractivity contribution in [2.75, 3.05) is 13.1 Å². The number of nitrogens with zero attached hydrogens (tertiary/aromatic N) is 1. The van der Waals surface area contributed by atoms with E-state index in [4.69, 9.17) is 0 Å². The van der Waals surface area contributed by atoms with Gasteiger partial charge in [-0.05, 0) is 38.5 Å². The maximum Gasteiger partial charge on any atom is 0.311 e. The number of likely N-dealkylation sites (tertiary alicyclic amines) is 1. The minimum atomic E-state index is -0.762. The molecule has 1 heterocycles. The Labute approximate surface area is 114 Å². The highest BCUT2D eigenvalue weighted by molar-refractivity contribution is 5.82. The highest BCUT2D eigenvalue weighted by Crippen LogP contribution is 2.35. The van der Waals surface area contributed by atoms with Gasteiger partial charge in [0.15, 0.2) is 0 Å². The van der Waals surface area contributed by atoms with Gasteiger partial charge in [-0.25, -0.2) is 0 Å². The number of hydrogen-bond acceptors (Lipinski definition) is 2. The Morgan fingerprint density at radius 1 is 1.42 bits per heavy atom. The fraction of sp³-hybridized carbons (Fsp3) is 0.733. The van der Waals surface area contributed by atoms with E-state index < -0.39 is 11.4 Å². The molecule has 1 N–H and O–H groups in total. The predicted molar refractivity (Wildman–Crippen MR) is 72.7 cm³/mol. The van der Waals surface area contributed by atoms with E-state index in [1.807, 2.05) is 6.92 Å². The summed E-state index contributed by atoms with van der Waals surface area (Å²) in [5, 5.41) is 9.34. The van der Waals surface area contributed by atoms with Crippen LogP contribution in [0, 0.1) is 5.41 Å². The van der Waals surface area contributed by atoms with Crippen LogP contribution in [0.2, 0.25) is 0 Å². The standard InChI is InChI=1S/C15H23NO3/c1-2-15(14(18)19)8-9-16(11-15)13(17)10-12-6-4-3-5-7-12/h6H,2-5,7-11H2,1H3,(H,18,19). The minimum absolute atomic E-state index is 0.102. The molecule has 1 amide bonds. The van der Waals surface area contributed by atoms with Gasteiger partial charge in [0.05, 0.1) is 5.41 Å². The van der Waals surface area contributed by atoms with Crippen molar-refractivity contribution >= 4 is 11.9 Å². The SMILES string of the molecule is CCC1(C(=O)O)CCN(C(=O)CC2=CCCCC2)C1. The Hall–Kier alpha value is -1.32. The number of carboxylic acids is 1. The average Bonchev–Trinajstić information content (AvgIpc) is 2.86. The number of amides is 1. The first kappa shape index (κ1) is 14.1. The molecule has 1 atom stereocenters. The van der Waals surface area contributed by atoms with E-state index in [1.54, 1.807) is 4.90 Å². The van der Waals surface area contributed by atoms with Gasteiger partial charge in [0.25, 0.3) is 0 Å². The van der Waals surface area contributed by atoms with Crippen LogP contribution in [0.15, 0.2) is 11.6 Å². The van der Waals surface area contributed by atoms with Crippen LogP contribution in [0.25, 0.3) is 0 Å². The van der Waals surface area contributed by atoms with Crippen molar-refractivity contribution in [2.24, 2.45) is 5.41 Å². The van der Waals surface area contributed by atoms with Crippen molar-refractivity contribution in [3.05, 3.63) is 11.6 Å². The fourth-order valence-corrected chi connectivity index (χ4v) is 3.07. The van der Waals surface area contributed by atoms with E-state index in [-0.39, 0.29) is 5.91 Å². The normalized spacial score (nSPS) is 27.2. The Bertz CT molecular complexity index is 402. The van der Waals surface area contributed by atoms with E-state index in [9.17, 15) is 14.7 Å². The van der Waals surface area contributed by atoms with Crippen molar-refractivity contribution in [3.63, 3.8) is 0 Å². The Kier molecular flexibility index (Phi) is 4.27. The predicted octanol–water partition coefficient (Wildman–Crippen LogP) is 2.59. The third kappa shape index (κ3) is 2.99. The maximum absolute atomic E-state index is 12.2. The van der Waals surface area contributed by atoms with Crippen LogP contribution >= 0.6 is 0 Å². The van der Waals surface area contributed by atoms with Gasteiger partial charge >= 0.3 is 5.97 Å². The van der Waals surface area contributed by atoms with Crippen molar-refractivity contribution in [2.45, 2.75) is 51.9 Å². The molecule has 0 saturated carbocycles. The van der Waals surface area contributed by atoms with Crippen molar-refractivity contribution in [1.29, 1.82) is 0 Å². The van der Waals surface area contributed by atoms with Gasteiger partial charge < -0.3 is 10.0 Å². The van der Waals surface area contributed by atoms with Crippen LogP contribution in [0.4, 0.5) is 0 Å². The molecule has 0 bridgehead atoms. The molecule has 1 aliphatic carbocycles.